The van der Waals surface area contributed by atoms with E-state index in [0.29, 0.717) is 0 Å². The number of nitrogens with two attached hydrogens (primary N) is 1. The fourth-order valence-corrected chi connectivity index (χ4v) is 3.63. The third-order valence-corrected chi connectivity index (χ3v) is 5.12. The van der Waals surface area contributed by atoms with Gasteiger partial charge in [0.15, 0.2) is 0 Å². The molecule has 0 saturated heterocycles. The maximum absolute atomic E-state index is 5.90. The molecule has 1 aromatic carbocycles. The number of hydrazine groups is 1. The standard InChI is InChI=1S/C16H28BrN3O/c1-6-16(7-2,20(3)4)15(19-18)11-12-10-13(17)8-9-14(12)21-5/h8-10,15,19H,6-7,11,18H2,1-5H3. The number of nitrogens with zero attached hydrogens (tertiary/aromatic N) is 1. The quantitative estimate of drug-likeness (QED) is 0.554. The molecule has 1 rings (SSSR count). The summed E-state index contributed by atoms with van der Waals surface area (Å²) in [6.45, 7) is 4.43. The van der Waals surface area contributed by atoms with Crippen LogP contribution in [-0.2, 0) is 6.42 Å². The molecule has 21 heavy (non-hydrogen) atoms. The molecule has 0 saturated carbocycles. The number of methoxy groups -OCH3 is 1. The van der Waals surface area contributed by atoms with Crippen LogP contribution in [0.4, 0.5) is 0 Å². The van der Waals surface area contributed by atoms with Crippen molar-refractivity contribution in [3.8, 4) is 5.75 Å². The fourth-order valence-electron chi connectivity index (χ4n) is 3.22. The molecule has 0 spiro atoms. The van der Waals surface area contributed by atoms with Gasteiger partial charge in [-0.2, -0.15) is 0 Å². The van der Waals surface area contributed by atoms with Crippen LogP contribution in [0.15, 0.2) is 22.7 Å². The molecule has 4 nitrogen and oxygen atoms in total. The van der Waals surface area contributed by atoms with E-state index >= 15 is 0 Å². The third kappa shape index (κ3) is 3.97. The predicted molar refractivity (Wildman–Crippen MR) is 92.5 cm³/mol. The molecule has 0 amide bonds. The van der Waals surface area contributed by atoms with Crippen LogP contribution in [0.1, 0.15) is 32.3 Å². The highest BCUT2D eigenvalue weighted by molar-refractivity contribution is 9.10. The van der Waals surface area contributed by atoms with Gasteiger partial charge in [-0.15, -0.1) is 0 Å². The number of nitrogens with one attached hydrogen (secondary N) is 1. The molecule has 1 atom stereocenters. The van der Waals surface area contributed by atoms with E-state index < -0.39 is 0 Å². The van der Waals surface area contributed by atoms with Crippen molar-refractivity contribution in [1.29, 1.82) is 0 Å². The first kappa shape index (κ1) is 18.4. The summed E-state index contributed by atoms with van der Waals surface area (Å²) in [6.07, 6.45) is 2.88. The molecule has 1 aromatic rings. The average Bonchev–Trinajstić information content (AvgIpc) is 2.47. The summed E-state index contributed by atoms with van der Waals surface area (Å²) >= 11 is 3.53. The van der Waals surface area contributed by atoms with Crippen molar-refractivity contribution in [3.05, 3.63) is 28.2 Å². The number of ether oxygens (including phenoxy) is 1. The lowest BCUT2D eigenvalue weighted by molar-refractivity contribution is 0.0879. The summed E-state index contributed by atoms with van der Waals surface area (Å²) in [4.78, 5) is 2.28. The van der Waals surface area contributed by atoms with Gasteiger partial charge < -0.3 is 9.64 Å². The van der Waals surface area contributed by atoms with Crippen molar-refractivity contribution in [1.82, 2.24) is 10.3 Å². The predicted octanol–water partition coefficient (Wildman–Crippen LogP) is 2.95. The largest absolute Gasteiger partial charge is 0.496 e. The minimum atomic E-state index is 0.0160. The highest BCUT2D eigenvalue weighted by Crippen LogP contribution is 2.31. The van der Waals surface area contributed by atoms with E-state index in [1.807, 2.05) is 12.1 Å². The van der Waals surface area contributed by atoms with Crippen LogP contribution in [0.25, 0.3) is 0 Å². The minimum absolute atomic E-state index is 0.0160. The van der Waals surface area contributed by atoms with Gasteiger partial charge in [0, 0.05) is 16.1 Å². The molecular formula is C16H28BrN3O. The van der Waals surface area contributed by atoms with Gasteiger partial charge in [-0.3, -0.25) is 11.3 Å². The molecule has 5 heteroatoms. The Kier molecular flexibility index (Phi) is 7.13. The number of hydrogen-bond donors (Lipinski definition) is 2. The Morgan fingerprint density at radius 2 is 1.95 bits per heavy atom. The number of likely N-dealkylation sites (N-methyl/N-ethyl adjacent to an activating group) is 1. The summed E-state index contributed by atoms with van der Waals surface area (Å²) in [5, 5.41) is 0. The van der Waals surface area contributed by atoms with Gasteiger partial charge in [0.1, 0.15) is 5.75 Å². The van der Waals surface area contributed by atoms with Crippen molar-refractivity contribution in [2.75, 3.05) is 21.2 Å². The Morgan fingerprint density at radius 3 is 2.38 bits per heavy atom. The summed E-state index contributed by atoms with van der Waals surface area (Å²) in [5.41, 5.74) is 4.20. The van der Waals surface area contributed by atoms with Crippen molar-refractivity contribution >= 4 is 15.9 Å². The molecule has 0 fully saturated rings. The van der Waals surface area contributed by atoms with Crippen LogP contribution in [0, 0.1) is 0 Å². The van der Waals surface area contributed by atoms with Crippen molar-refractivity contribution in [2.24, 2.45) is 5.84 Å². The number of halogens is 1. The zero-order chi connectivity index (χ0) is 16.0. The van der Waals surface area contributed by atoms with Gasteiger partial charge in [0.2, 0.25) is 0 Å². The topological polar surface area (TPSA) is 50.5 Å². The van der Waals surface area contributed by atoms with Crippen LogP contribution in [0.5, 0.6) is 5.75 Å². The van der Waals surface area contributed by atoms with Gasteiger partial charge in [0.25, 0.3) is 0 Å². The first-order valence-corrected chi connectivity index (χ1v) is 8.20. The zero-order valence-electron chi connectivity index (χ0n) is 13.7. The second-order valence-corrected chi connectivity index (χ2v) is 6.50. The Labute approximate surface area is 137 Å². The van der Waals surface area contributed by atoms with Crippen molar-refractivity contribution in [2.45, 2.75) is 44.7 Å². The fraction of sp³-hybridized carbons (Fsp3) is 0.625. The first-order chi connectivity index (χ1) is 9.94. The number of rotatable bonds is 8. The number of hydrogen-bond acceptors (Lipinski definition) is 4. The van der Waals surface area contributed by atoms with E-state index in [-0.39, 0.29) is 11.6 Å². The van der Waals surface area contributed by atoms with Gasteiger partial charge in [0.05, 0.1) is 7.11 Å². The van der Waals surface area contributed by atoms with Crippen LogP contribution in [-0.4, -0.2) is 37.7 Å². The van der Waals surface area contributed by atoms with E-state index in [9.17, 15) is 0 Å². The lowest BCUT2D eigenvalue weighted by atomic mass is 9.80. The van der Waals surface area contributed by atoms with Crippen molar-refractivity contribution < 1.29 is 4.74 Å². The minimum Gasteiger partial charge on any atom is -0.496 e. The van der Waals surface area contributed by atoms with E-state index in [1.165, 1.54) is 0 Å². The molecule has 0 radical (unpaired) electrons. The second-order valence-electron chi connectivity index (χ2n) is 5.58. The molecule has 0 aromatic heterocycles. The van der Waals surface area contributed by atoms with Gasteiger partial charge >= 0.3 is 0 Å². The van der Waals surface area contributed by atoms with Gasteiger partial charge in [-0.25, -0.2) is 0 Å². The SMILES string of the molecule is CCC(CC)(C(Cc1cc(Br)ccc1OC)NN)N(C)C. The Balaban J connectivity index is 3.14. The van der Waals surface area contributed by atoms with E-state index in [2.05, 4.69) is 60.3 Å². The Bertz CT molecular complexity index is 447. The van der Waals surface area contributed by atoms with E-state index in [4.69, 9.17) is 10.6 Å². The molecule has 1 unspecified atom stereocenters. The summed E-state index contributed by atoms with van der Waals surface area (Å²) in [7, 11) is 5.95. The van der Waals surface area contributed by atoms with Crippen LogP contribution in [0.2, 0.25) is 0 Å². The van der Waals surface area contributed by atoms with Gasteiger partial charge in [-0.05, 0) is 57.1 Å². The molecule has 0 aliphatic heterocycles. The number of benzene rings is 1. The maximum Gasteiger partial charge on any atom is 0.122 e. The maximum atomic E-state index is 5.90. The second kappa shape index (κ2) is 8.13. The van der Waals surface area contributed by atoms with E-state index in [1.54, 1.807) is 7.11 Å². The summed E-state index contributed by atoms with van der Waals surface area (Å²) in [6, 6.07) is 6.23. The zero-order valence-corrected chi connectivity index (χ0v) is 15.3. The van der Waals surface area contributed by atoms with Crippen molar-refractivity contribution in [3.63, 3.8) is 0 Å². The summed E-state index contributed by atoms with van der Waals surface area (Å²) < 4.78 is 6.54. The molecule has 0 bridgehead atoms. The molecule has 0 aliphatic rings. The lowest BCUT2D eigenvalue weighted by Gasteiger charge is -2.45. The van der Waals surface area contributed by atoms with Crippen LogP contribution >= 0.6 is 15.9 Å². The Morgan fingerprint density at radius 1 is 1.33 bits per heavy atom. The molecule has 0 heterocycles. The third-order valence-electron chi connectivity index (χ3n) is 4.63. The normalized spacial score (nSPS) is 13.5. The molecule has 3 N–H and O–H groups in total. The highest BCUT2D eigenvalue weighted by Gasteiger charge is 2.37. The Hall–Kier alpha value is -0.620. The van der Waals surface area contributed by atoms with Gasteiger partial charge in [-0.1, -0.05) is 29.8 Å². The van der Waals surface area contributed by atoms with Crippen LogP contribution < -0.4 is 16.0 Å². The molecule has 120 valence electrons. The highest BCUT2D eigenvalue weighted by atomic mass is 79.9. The first-order valence-electron chi connectivity index (χ1n) is 7.41. The summed E-state index contributed by atoms with van der Waals surface area (Å²) in [5.74, 6) is 6.80. The molecule has 0 aliphatic carbocycles. The van der Waals surface area contributed by atoms with Crippen LogP contribution in [0.3, 0.4) is 0 Å². The average molecular weight is 358 g/mol. The smallest absolute Gasteiger partial charge is 0.122 e. The lowest BCUT2D eigenvalue weighted by Crippen LogP contribution is -2.61. The van der Waals surface area contributed by atoms with E-state index in [0.717, 1.165) is 35.0 Å². The molecular weight excluding hydrogens is 330 g/mol. The monoisotopic (exact) mass is 357 g/mol.